The van der Waals surface area contributed by atoms with Crippen molar-refractivity contribution in [2.45, 2.75) is 51.1 Å². The van der Waals surface area contributed by atoms with Crippen molar-refractivity contribution in [2.24, 2.45) is 0 Å². The number of carbonyl (C=O) groups is 1. The number of carbonyl (C=O) groups excluding carboxylic acids is 1. The van der Waals surface area contributed by atoms with E-state index in [4.69, 9.17) is 9.47 Å². The lowest BCUT2D eigenvalue weighted by Crippen LogP contribution is -2.45. The molecule has 82 valence electrons. The first kappa shape index (κ1) is 12.4. The summed E-state index contributed by atoms with van der Waals surface area (Å²) in [6.45, 7) is 3.72. The summed E-state index contributed by atoms with van der Waals surface area (Å²) < 4.78 is 12.3. The largest absolute Gasteiger partial charge is 0.347 e. The van der Waals surface area contributed by atoms with E-state index < -0.39 is 5.79 Å². The number of rotatable bonds is 4. The molecular weight excluding hydrogens is 295 g/mol. The van der Waals surface area contributed by atoms with Gasteiger partial charge in [0.2, 0.25) is 0 Å². The molecule has 0 aromatic carbocycles. The van der Waals surface area contributed by atoms with Gasteiger partial charge in [0.05, 0.1) is 6.10 Å². The normalized spacial score (nSPS) is 31.4. The van der Waals surface area contributed by atoms with Crippen LogP contribution < -0.4 is 0 Å². The Morgan fingerprint density at radius 1 is 1.50 bits per heavy atom. The summed E-state index contributed by atoms with van der Waals surface area (Å²) in [7, 11) is 0. The molecule has 1 aliphatic heterocycles. The maximum atomic E-state index is 10.7. The van der Waals surface area contributed by atoms with E-state index in [2.05, 4.69) is 22.6 Å². The molecule has 4 heteroatoms. The monoisotopic (exact) mass is 312 g/mol. The fourth-order valence-corrected chi connectivity index (χ4v) is 2.15. The van der Waals surface area contributed by atoms with Gasteiger partial charge in [-0.1, -0.05) is 22.6 Å². The van der Waals surface area contributed by atoms with Gasteiger partial charge in [0.1, 0.15) is 12.4 Å². The molecule has 0 saturated carbocycles. The highest BCUT2D eigenvalue weighted by molar-refractivity contribution is 14.1. The van der Waals surface area contributed by atoms with E-state index in [9.17, 15) is 4.79 Å². The van der Waals surface area contributed by atoms with E-state index in [0.717, 1.165) is 23.6 Å². The van der Waals surface area contributed by atoms with Crippen LogP contribution in [0.1, 0.15) is 33.1 Å². The van der Waals surface area contributed by atoms with Gasteiger partial charge in [0.25, 0.3) is 0 Å². The Balaban J connectivity index is 2.47. The highest BCUT2D eigenvalue weighted by Gasteiger charge is 2.34. The topological polar surface area (TPSA) is 35.5 Å². The van der Waals surface area contributed by atoms with Gasteiger partial charge in [-0.2, -0.15) is 0 Å². The van der Waals surface area contributed by atoms with Gasteiger partial charge in [-0.05, 0) is 31.1 Å². The molecule has 0 spiro atoms. The van der Waals surface area contributed by atoms with Crippen molar-refractivity contribution in [2.75, 3.05) is 4.43 Å². The average molecular weight is 312 g/mol. The Labute approximate surface area is 98.7 Å². The molecule has 0 unspecified atom stereocenters. The Bertz CT molecular complexity index is 194. The maximum Gasteiger partial charge on any atom is 0.164 e. The molecule has 14 heavy (non-hydrogen) atoms. The van der Waals surface area contributed by atoms with Gasteiger partial charge in [0, 0.05) is 6.42 Å². The zero-order valence-corrected chi connectivity index (χ0v) is 10.8. The fraction of sp³-hybridized carbons (Fsp3) is 0.900. The third kappa shape index (κ3) is 3.82. The van der Waals surface area contributed by atoms with Crippen LogP contribution in [0.25, 0.3) is 0 Å². The second kappa shape index (κ2) is 5.42. The molecule has 3 nitrogen and oxygen atoms in total. The van der Waals surface area contributed by atoms with Crippen LogP contribution in [0.2, 0.25) is 0 Å². The van der Waals surface area contributed by atoms with Crippen LogP contribution in [-0.4, -0.2) is 28.7 Å². The summed E-state index contributed by atoms with van der Waals surface area (Å²) in [5.41, 5.74) is 0. The average Bonchev–Trinajstić information content (AvgIpc) is 2.12. The Morgan fingerprint density at radius 2 is 2.21 bits per heavy atom. The van der Waals surface area contributed by atoms with Gasteiger partial charge in [0.15, 0.2) is 5.79 Å². The smallest absolute Gasteiger partial charge is 0.164 e. The van der Waals surface area contributed by atoms with E-state index in [0.29, 0.717) is 6.42 Å². The molecule has 1 heterocycles. The number of ether oxygens (including phenoxy) is 2. The number of alkyl halides is 1. The van der Waals surface area contributed by atoms with Crippen molar-refractivity contribution in [1.82, 2.24) is 0 Å². The van der Waals surface area contributed by atoms with Crippen LogP contribution in [0.5, 0.6) is 0 Å². The third-order valence-electron chi connectivity index (χ3n) is 2.19. The van der Waals surface area contributed by atoms with E-state index in [-0.39, 0.29) is 12.2 Å². The lowest BCUT2D eigenvalue weighted by molar-refractivity contribution is -0.291. The first-order valence-electron chi connectivity index (χ1n) is 4.94. The van der Waals surface area contributed by atoms with E-state index in [1.807, 2.05) is 13.8 Å². The fourth-order valence-electron chi connectivity index (χ4n) is 1.71. The zero-order valence-electron chi connectivity index (χ0n) is 8.66. The molecule has 0 bridgehead atoms. The Hall–Kier alpha value is 0.320. The van der Waals surface area contributed by atoms with Gasteiger partial charge in [-0.15, -0.1) is 0 Å². The lowest BCUT2D eigenvalue weighted by atomic mass is 10.1. The highest BCUT2D eigenvalue weighted by atomic mass is 127. The predicted octanol–water partition coefficient (Wildman–Crippen LogP) is 2.31. The molecule has 1 saturated heterocycles. The van der Waals surface area contributed by atoms with Crippen molar-refractivity contribution in [1.29, 1.82) is 0 Å². The quantitative estimate of drug-likeness (QED) is 0.454. The first-order valence-corrected chi connectivity index (χ1v) is 6.47. The molecule has 0 radical (unpaired) electrons. The molecule has 0 N–H and O–H groups in total. The Kier molecular flexibility index (Phi) is 4.79. The summed E-state index contributed by atoms with van der Waals surface area (Å²) in [6.07, 6.45) is 3.60. The molecule has 1 aliphatic rings. The molecule has 2 atom stereocenters. The minimum Gasteiger partial charge on any atom is -0.347 e. The van der Waals surface area contributed by atoms with Crippen LogP contribution in [0.4, 0.5) is 0 Å². The van der Waals surface area contributed by atoms with Gasteiger partial charge in [-0.25, -0.2) is 0 Å². The van der Waals surface area contributed by atoms with Crippen molar-refractivity contribution >= 4 is 28.9 Å². The molecule has 0 aromatic rings. The van der Waals surface area contributed by atoms with Crippen LogP contribution in [-0.2, 0) is 14.3 Å². The zero-order chi connectivity index (χ0) is 10.6. The van der Waals surface area contributed by atoms with Gasteiger partial charge in [-0.3, -0.25) is 0 Å². The van der Waals surface area contributed by atoms with E-state index in [1.165, 1.54) is 0 Å². The second-order valence-electron chi connectivity index (χ2n) is 4.00. The van der Waals surface area contributed by atoms with Crippen molar-refractivity contribution in [3.8, 4) is 0 Å². The van der Waals surface area contributed by atoms with Crippen molar-refractivity contribution < 1.29 is 14.3 Å². The number of hydrogen-bond acceptors (Lipinski definition) is 3. The van der Waals surface area contributed by atoms with E-state index in [1.54, 1.807) is 0 Å². The summed E-state index contributed by atoms with van der Waals surface area (Å²) in [5.74, 6) is -0.611. The maximum absolute atomic E-state index is 10.7. The van der Waals surface area contributed by atoms with Crippen LogP contribution >= 0.6 is 22.6 Å². The minimum absolute atomic E-state index is 0.170. The SMILES string of the molecule is CC1(C)O[C@H](CCCI)C[C@H](C=O)O1. The van der Waals surface area contributed by atoms with Crippen LogP contribution in [0.3, 0.4) is 0 Å². The summed E-state index contributed by atoms with van der Waals surface area (Å²) in [4.78, 5) is 10.7. The lowest BCUT2D eigenvalue weighted by Gasteiger charge is -2.39. The molecule has 0 amide bonds. The third-order valence-corrected chi connectivity index (χ3v) is 2.96. The van der Waals surface area contributed by atoms with Crippen molar-refractivity contribution in [3.05, 3.63) is 0 Å². The molecule has 1 fully saturated rings. The minimum atomic E-state index is -0.611. The Morgan fingerprint density at radius 3 is 2.79 bits per heavy atom. The predicted molar refractivity (Wildman–Crippen MR) is 62.6 cm³/mol. The number of aldehydes is 1. The van der Waals surface area contributed by atoms with Crippen LogP contribution in [0, 0.1) is 0 Å². The first-order chi connectivity index (χ1) is 6.57. The van der Waals surface area contributed by atoms with Gasteiger partial charge >= 0.3 is 0 Å². The second-order valence-corrected chi connectivity index (χ2v) is 5.08. The summed E-state index contributed by atoms with van der Waals surface area (Å²) in [6, 6.07) is 0. The van der Waals surface area contributed by atoms with E-state index >= 15 is 0 Å². The standard InChI is InChI=1S/C10H17IO3/c1-10(2)13-8(4-3-5-11)6-9(7-12)14-10/h7-9H,3-6H2,1-2H3/t8-,9-/m1/s1. The van der Waals surface area contributed by atoms with Gasteiger partial charge < -0.3 is 14.3 Å². The molecule has 0 aromatic heterocycles. The van der Waals surface area contributed by atoms with Crippen molar-refractivity contribution in [3.63, 3.8) is 0 Å². The number of hydrogen-bond donors (Lipinski definition) is 0. The molecule has 0 aliphatic carbocycles. The number of halogens is 1. The molecule has 1 rings (SSSR count). The van der Waals surface area contributed by atoms with Crippen LogP contribution in [0.15, 0.2) is 0 Å². The summed E-state index contributed by atoms with van der Waals surface area (Å²) >= 11 is 2.35. The summed E-state index contributed by atoms with van der Waals surface area (Å²) in [5, 5.41) is 0. The molecular formula is C10H17IO3. The highest BCUT2D eigenvalue weighted by Crippen LogP contribution is 2.28.